The summed E-state index contributed by atoms with van der Waals surface area (Å²) >= 11 is 0. The van der Waals surface area contributed by atoms with Crippen LogP contribution in [0.1, 0.15) is 0 Å². The minimum absolute atomic E-state index is 0.493. The van der Waals surface area contributed by atoms with Gasteiger partial charge >= 0.3 is 0 Å². The maximum Gasteiger partial charge on any atom is 0.167 e. The van der Waals surface area contributed by atoms with Crippen molar-refractivity contribution in [3.05, 3.63) is 315 Å². The first-order chi connectivity index (χ1) is 47.7. The fourth-order valence-electron chi connectivity index (χ4n) is 16.0. The summed E-state index contributed by atoms with van der Waals surface area (Å²) < 4.78 is 19.6. The number of hydrogen-bond donors (Lipinski definition) is 0. The van der Waals surface area contributed by atoms with Crippen molar-refractivity contribution in [1.29, 1.82) is 0 Å². The molecule has 7 aromatic heterocycles. The van der Waals surface area contributed by atoms with Crippen LogP contribution in [0, 0.1) is 0 Å². The number of para-hydroxylation sites is 9. The van der Waals surface area contributed by atoms with E-state index in [1.54, 1.807) is 0 Å². The van der Waals surface area contributed by atoms with Crippen molar-refractivity contribution in [3.63, 3.8) is 0 Å². The molecular weight excluding hydrogens is 1170 g/mol. The SMILES string of the molecule is c1ccc(-c2nc(-c3cccc4c3oc3cccc(-n5c6ccccc6c6ccc7c8ccccc8n(-c8ccccc8)c7c65)c34)nc(-c3cc(-n4c5ccccc5c5ccc6c7ccccc7n(-c7ccccc7)c6c54)cc4c3c3ccccc3n4-c3ccccc3)n2)cc1. The third-order valence-corrected chi connectivity index (χ3v) is 19.9. The maximum atomic E-state index is 7.32. The fraction of sp³-hybridized carbons (Fsp3) is 0. The molecule has 21 rings (SSSR count). The van der Waals surface area contributed by atoms with E-state index in [4.69, 9.17) is 19.4 Å². The third-order valence-electron chi connectivity index (χ3n) is 19.9. The predicted octanol–water partition coefficient (Wildman–Crippen LogP) is 22.3. The minimum Gasteiger partial charge on any atom is -0.455 e. The summed E-state index contributed by atoms with van der Waals surface area (Å²) in [5.74, 6) is 1.57. The predicted molar refractivity (Wildman–Crippen MR) is 395 cm³/mol. The number of rotatable bonds is 8. The zero-order valence-electron chi connectivity index (χ0n) is 51.5. The largest absolute Gasteiger partial charge is 0.455 e. The molecule has 0 saturated heterocycles. The van der Waals surface area contributed by atoms with Gasteiger partial charge in [0.15, 0.2) is 17.5 Å². The Bertz CT molecular complexity index is 6810. The summed E-state index contributed by atoms with van der Waals surface area (Å²) in [6.07, 6.45) is 0. The van der Waals surface area contributed by atoms with Crippen molar-refractivity contribution in [2.24, 2.45) is 0 Å². The van der Waals surface area contributed by atoms with Crippen molar-refractivity contribution in [2.75, 3.05) is 0 Å². The molecule has 7 heterocycles. The van der Waals surface area contributed by atoms with E-state index in [-0.39, 0.29) is 0 Å². The molecule has 0 N–H and O–H groups in total. The van der Waals surface area contributed by atoms with Gasteiger partial charge < -0.3 is 27.3 Å². The number of benzene rings is 14. The van der Waals surface area contributed by atoms with Crippen molar-refractivity contribution in [1.82, 2.24) is 37.8 Å². The van der Waals surface area contributed by atoms with E-state index in [2.05, 4.69) is 320 Å². The molecule has 9 nitrogen and oxygen atoms in total. The van der Waals surface area contributed by atoms with Crippen LogP contribution in [0.15, 0.2) is 320 Å². The van der Waals surface area contributed by atoms with Crippen LogP contribution < -0.4 is 0 Å². The van der Waals surface area contributed by atoms with Crippen molar-refractivity contribution in [2.45, 2.75) is 0 Å². The highest BCUT2D eigenvalue weighted by atomic mass is 16.3. The molecule has 21 aromatic rings. The van der Waals surface area contributed by atoms with Crippen LogP contribution in [0.3, 0.4) is 0 Å². The van der Waals surface area contributed by atoms with Gasteiger partial charge in [-0.1, -0.05) is 218 Å². The van der Waals surface area contributed by atoms with E-state index < -0.39 is 0 Å². The summed E-state index contributed by atoms with van der Waals surface area (Å²) in [5.41, 5.74) is 20.1. The zero-order chi connectivity index (χ0) is 62.7. The third kappa shape index (κ3) is 7.41. The second kappa shape index (κ2) is 20.2. The Morgan fingerprint density at radius 2 is 0.615 bits per heavy atom. The Hall–Kier alpha value is -13.1. The highest BCUT2D eigenvalue weighted by Gasteiger charge is 2.29. The van der Waals surface area contributed by atoms with Crippen LogP contribution in [0.2, 0.25) is 0 Å². The summed E-state index contributed by atoms with van der Waals surface area (Å²) in [6.45, 7) is 0. The molecule has 0 amide bonds. The number of furan rings is 1. The highest BCUT2D eigenvalue weighted by Crippen LogP contribution is 2.48. The Balaban J connectivity index is 0.856. The Morgan fingerprint density at radius 3 is 1.14 bits per heavy atom. The number of fused-ring (bicyclic) bond motifs is 20. The van der Waals surface area contributed by atoms with Gasteiger partial charge in [-0.15, -0.1) is 0 Å². The monoisotopic (exact) mass is 1220 g/mol. The molecule has 0 fully saturated rings. The smallest absolute Gasteiger partial charge is 0.167 e. The average molecular weight is 1230 g/mol. The van der Waals surface area contributed by atoms with Gasteiger partial charge in [-0.25, -0.2) is 15.0 Å². The molecule has 96 heavy (non-hydrogen) atoms. The molecule has 0 spiro atoms. The number of aromatic nitrogens is 8. The van der Waals surface area contributed by atoms with Crippen molar-refractivity contribution >= 4 is 131 Å². The molecule has 0 saturated carbocycles. The standard InChI is InChI=1S/C87H52N8O/c1-5-25-53(26-6-1)85-88-86(68-39-23-38-67-79-75(45-24-46-77(79)96-84(67)68)95-73-43-21-16-36-61(73)65-50-49-64-59-34-14-19-41-71(59)93(82(64)83(65)95)56-31-11-4-12-32-56)90-87(89-85)69-51-57(52-76-78(69)66-37-17-22-44-74(66)91(76)54-27-7-2-8-28-54)94-72-42-20-15-35-60(72)63-48-47-62-58-33-13-18-40-70(58)92(80(62)81(63)94)55-29-9-3-10-30-55/h1-52H. The topological polar surface area (TPSA) is 76.5 Å². The number of hydrogen-bond acceptors (Lipinski definition) is 4. The minimum atomic E-state index is 0.493. The summed E-state index contributed by atoms with van der Waals surface area (Å²) in [5, 5.41) is 13.4. The highest BCUT2D eigenvalue weighted by molar-refractivity contribution is 6.27. The van der Waals surface area contributed by atoms with E-state index in [9.17, 15) is 0 Å². The summed E-state index contributed by atoms with van der Waals surface area (Å²) in [6, 6.07) is 113. The van der Waals surface area contributed by atoms with Crippen LogP contribution in [0.25, 0.3) is 194 Å². The lowest BCUT2D eigenvalue weighted by Gasteiger charge is -2.16. The molecular formula is C87H52N8O. The molecule has 9 heteroatoms. The Morgan fingerprint density at radius 1 is 0.229 bits per heavy atom. The quantitative estimate of drug-likeness (QED) is 0.152. The lowest BCUT2D eigenvalue weighted by atomic mass is 10.0. The molecule has 14 aromatic carbocycles. The van der Waals surface area contributed by atoms with Gasteiger partial charge in [-0.2, -0.15) is 0 Å². The van der Waals surface area contributed by atoms with E-state index in [0.29, 0.717) is 23.1 Å². The molecule has 0 atom stereocenters. The average Bonchev–Trinajstić information content (AvgIpc) is 1.55. The van der Waals surface area contributed by atoms with E-state index in [0.717, 1.165) is 138 Å². The lowest BCUT2D eigenvalue weighted by Crippen LogP contribution is -2.03. The molecule has 0 bridgehead atoms. The molecule has 0 aliphatic rings. The van der Waals surface area contributed by atoms with E-state index in [1.807, 2.05) is 18.2 Å². The Labute approximate surface area is 548 Å². The van der Waals surface area contributed by atoms with Crippen molar-refractivity contribution in [3.8, 4) is 62.6 Å². The molecule has 446 valence electrons. The summed E-state index contributed by atoms with van der Waals surface area (Å²) in [4.78, 5) is 16.9. The summed E-state index contributed by atoms with van der Waals surface area (Å²) in [7, 11) is 0. The van der Waals surface area contributed by atoms with E-state index >= 15 is 0 Å². The van der Waals surface area contributed by atoms with Crippen LogP contribution in [-0.2, 0) is 0 Å². The maximum absolute atomic E-state index is 7.32. The first kappa shape index (κ1) is 52.5. The van der Waals surface area contributed by atoms with Gasteiger partial charge in [0.2, 0.25) is 0 Å². The lowest BCUT2D eigenvalue weighted by molar-refractivity contribution is 0.669. The first-order valence-corrected chi connectivity index (χ1v) is 32.6. The van der Waals surface area contributed by atoms with Gasteiger partial charge in [0.05, 0.1) is 71.8 Å². The van der Waals surface area contributed by atoms with Crippen LogP contribution >= 0.6 is 0 Å². The van der Waals surface area contributed by atoms with Gasteiger partial charge in [0.1, 0.15) is 11.2 Å². The molecule has 0 unspecified atom stereocenters. The number of nitrogens with zero attached hydrogens (tertiary/aromatic N) is 8. The van der Waals surface area contributed by atoms with Crippen LogP contribution in [-0.4, -0.2) is 37.8 Å². The first-order valence-electron chi connectivity index (χ1n) is 32.6. The molecule has 0 aliphatic heterocycles. The van der Waals surface area contributed by atoms with Gasteiger partial charge in [-0.05, 0) is 97.1 Å². The van der Waals surface area contributed by atoms with Crippen molar-refractivity contribution < 1.29 is 4.42 Å². The zero-order valence-corrected chi connectivity index (χ0v) is 51.5. The van der Waals surface area contributed by atoms with Gasteiger partial charge in [0, 0.05) is 93.1 Å². The fourth-order valence-corrected chi connectivity index (χ4v) is 16.0. The molecule has 0 radical (unpaired) electrons. The van der Waals surface area contributed by atoms with Gasteiger partial charge in [0.25, 0.3) is 0 Å². The second-order valence-electron chi connectivity index (χ2n) is 25.0. The second-order valence-corrected chi connectivity index (χ2v) is 25.0. The molecule has 0 aliphatic carbocycles. The Kier molecular flexibility index (Phi) is 11.0. The normalized spacial score (nSPS) is 12.2. The van der Waals surface area contributed by atoms with Crippen LogP contribution in [0.4, 0.5) is 0 Å². The van der Waals surface area contributed by atoms with E-state index in [1.165, 1.54) is 32.3 Å². The van der Waals surface area contributed by atoms with Crippen LogP contribution in [0.5, 0.6) is 0 Å². The van der Waals surface area contributed by atoms with Gasteiger partial charge in [-0.3, -0.25) is 0 Å².